The number of anilines is 1. The second kappa shape index (κ2) is 6.86. The van der Waals surface area contributed by atoms with Gasteiger partial charge >= 0.3 is 0 Å². The fraction of sp³-hybridized carbons (Fsp3) is 0.294. The third-order valence-corrected chi connectivity index (χ3v) is 6.97. The molecular formula is C17H17N3O5S2. The number of nitrogens with zero attached hydrogens (tertiary/aromatic N) is 2. The molecule has 0 aliphatic heterocycles. The predicted octanol–water partition coefficient (Wildman–Crippen LogP) is 3.49. The van der Waals surface area contributed by atoms with Crippen LogP contribution in [-0.4, -0.2) is 32.8 Å². The molecule has 0 saturated heterocycles. The zero-order chi connectivity index (χ0) is 19.0. The van der Waals surface area contributed by atoms with Crippen molar-refractivity contribution < 1.29 is 22.3 Å². The molecule has 0 spiro atoms. The number of aromatic nitrogens is 2. The van der Waals surface area contributed by atoms with Crippen molar-refractivity contribution in [2.45, 2.75) is 23.0 Å². The van der Waals surface area contributed by atoms with E-state index in [0.717, 1.165) is 24.2 Å². The zero-order valence-corrected chi connectivity index (χ0v) is 16.3. The van der Waals surface area contributed by atoms with Gasteiger partial charge in [-0.25, -0.2) is 8.42 Å². The van der Waals surface area contributed by atoms with Gasteiger partial charge in [0, 0.05) is 24.1 Å². The number of sulfonamides is 1. The summed E-state index contributed by atoms with van der Waals surface area (Å²) in [5, 5.41) is 8.05. The summed E-state index contributed by atoms with van der Waals surface area (Å²) in [6, 6.07) is 7.99. The first-order valence-electron chi connectivity index (χ1n) is 8.18. The highest BCUT2D eigenvalue weighted by Crippen LogP contribution is 2.41. The van der Waals surface area contributed by atoms with E-state index >= 15 is 0 Å². The molecule has 10 heteroatoms. The molecular weight excluding hydrogens is 390 g/mol. The highest BCUT2D eigenvalue weighted by atomic mass is 32.2. The van der Waals surface area contributed by atoms with E-state index in [4.69, 9.17) is 13.9 Å². The van der Waals surface area contributed by atoms with Crippen molar-refractivity contribution in [2.75, 3.05) is 18.9 Å². The molecule has 27 heavy (non-hydrogen) atoms. The topological polar surface area (TPSA) is 104 Å². The summed E-state index contributed by atoms with van der Waals surface area (Å²) < 4.78 is 44.1. The lowest BCUT2D eigenvalue weighted by molar-refractivity contribution is 0.395. The van der Waals surface area contributed by atoms with Gasteiger partial charge in [0.2, 0.25) is 5.89 Å². The quantitative estimate of drug-likeness (QED) is 0.639. The van der Waals surface area contributed by atoms with Crippen LogP contribution in [0.2, 0.25) is 0 Å². The molecule has 0 amide bonds. The van der Waals surface area contributed by atoms with Crippen LogP contribution in [0.25, 0.3) is 10.8 Å². The summed E-state index contributed by atoms with van der Waals surface area (Å²) in [4.78, 5) is 0.609. The van der Waals surface area contributed by atoms with Crippen LogP contribution >= 0.6 is 11.3 Å². The molecule has 2 heterocycles. The van der Waals surface area contributed by atoms with Gasteiger partial charge in [-0.15, -0.1) is 21.5 Å². The Hall–Kier alpha value is -2.59. The fourth-order valence-corrected chi connectivity index (χ4v) is 4.75. The average Bonchev–Trinajstić information content (AvgIpc) is 3.18. The molecule has 0 radical (unpaired) electrons. The van der Waals surface area contributed by atoms with Crippen LogP contribution < -0.4 is 14.2 Å². The number of ether oxygens (including phenoxy) is 2. The highest BCUT2D eigenvalue weighted by Gasteiger charge is 2.30. The van der Waals surface area contributed by atoms with Gasteiger partial charge in [-0.1, -0.05) is 0 Å². The van der Waals surface area contributed by atoms with Gasteiger partial charge in [0.15, 0.2) is 0 Å². The largest absolute Gasteiger partial charge is 0.497 e. The molecule has 2 aromatic heterocycles. The van der Waals surface area contributed by atoms with Crippen LogP contribution in [-0.2, 0) is 10.0 Å². The smallest absolute Gasteiger partial charge is 0.271 e. The second-order valence-electron chi connectivity index (χ2n) is 6.05. The number of benzene rings is 1. The Morgan fingerprint density at radius 1 is 1.11 bits per heavy atom. The van der Waals surface area contributed by atoms with Crippen molar-refractivity contribution in [1.29, 1.82) is 0 Å². The lowest BCUT2D eigenvalue weighted by Gasteiger charge is -2.10. The van der Waals surface area contributed by atoms with E-state index in [-0.39, 0.29) is 4.21 Å². The van der Waals surface area contributed by atoms with Crippen LogP contribution in [0.3, 0.4) is 0 Å². The van der Waals surface area contributed by atoms with E-state index < -0.39 is 10.0 Å². The van der Waals surface area contributed by atoms with Crippen molar-refractivity contribution >= 4 is 27.0 Å². The van der Waals surface area contributed by atoms with Gasteiger partial charge in [-0.05, 0) is 25.0 Å². The van der Waals surface area contributed by atoms with Gasteiger partial charge in [-0.2, -0.15) is 0 Å². The van der Waals surface area contributed by atoms with Crippen LogP contribution in [0.4, 0.5) is 5.69 Å². The molecule has 0 atom stereocenters. The molecule has 1 N–H and O–H groups in total. The number of hydrogen-bond donors (Lipinski definition) is 1. The van der Waals surface area contributed by atoms with E-state index in [1.165, 1.54) is 20.3 Å². The first-order valence-corrected chi connectivity index (χ1v) is 10.5. The minimum absolute atomic E-state index is 0.144. The molecule has 4 rings (SSSR count). The first kappa shape index (κ1) is 17.8. The van der Waals surface area contributed by atoms with E-state index in [9.17, 15) is 8.42 Å². The van der Waals surface area contributed by atoms with Crippen LogP contribution in [0.5, 0.6) is 11.5 Å². The third kappa shape index (κ3) is 3.76. The van der Waals surface area contributed by atoms with Crippen LogP contribution in [0, 0.1) is 0 Å². The van der Waals surface area contributed by atoms with Crippen molar-refractivity contribution in [3.63, 3.8) is 0 Å². The maximum atomic E-state index is 12.7. The minimum atomic E-state index is -3.78. The Balaban J connectivity index is 1.58. The van der Waals surface area contributed by atoms with Gasteiger partial charge in [-0.3, -0.25) is 4.72 Å². The summed E-state index contributed by atoms with van der Waals surface area (Å²) in [5.74, 6) is 2.27. The molecule has 142 valence electrons. The molecule has 1 saturated carbocycles. The van der Waals surface area contributed by atoms with Crippen LogP contribution in [0.1, 0.15) is 24.7 Å². The van der Waals surface area contributed by atoms with E-state index in [1.807, 2.05) is 0 Å². The number of rotatable bonds is 7. The van der Waals surface area contributed by atoms with Gasteiger partial charge in [0.25, 0.3) is 15.9 Å². The summed E-state index contributed by atoms with van der Waals surface area (Å²) in [7, 11) is -0.782. The third-order valence-electron chi connectivity index (χ3n) is 4.03. The molecule has 1 aliphatic carbocycles. The lowest BCUT2D eigenvalue weighted by Crippen LogP contribution is -2.11. The lowest BCUT2D eigenvalue weighted by atomic mass is 10.3. The number of thiophene rings is 1. The van der Waals surface area contributed by atoms with Crippen molar-refractivity contribution in [2.24, 2.45) is 0 Å². The maximum absolute atomic E-state index is 12.7. The molecule has 1 fully saturated rings. The first-order chi connectivity index (χ1) is 13.0. The number of methoxy groups -OCH3 is 2. The summed E-state index contributed by atoms with van der Waals surface area (Å²) in [6.07, 6.45) is 2.11. The maximum Gasteiger partial charge on any atom is 0.271 e. The Labute approximate surface area is 160 Å². The molecule has 1 aliphatic rings. The number of hydrogen-bond acceptors (Lipinski definition) is 8. The average molecular weight is 407 g/mol. The molecule has 1 aromatic carbocycles. The monoisotopic (exact) mass is 407 g/mol. The van der Waals surface area contributed by atoms with Crippen LogP contribution in [0.15, 0.2) is 39.0 Å². The van der Waals surface area contributed by atoms with Gasteiger partial charge in [0.1, 0.15) is 15.7 Å². The van der Waals surface area contributed by atoms with Crippen molar-refractivity contribution in [3.8, 4) is 22.3 Å². The van der Waals surface area contributed by atoms with Gasteiger partial charge < -0.3 is 13.9 Å². The highest BCUT2D eigenvalue weighted by molar-refractivity contribution is 7.94. The Morgan fingerprint density at radius 3 is 2.44 bits per heavy atom. The van der Waals surface area contributed by atoms with E-state index in [1.54, 1.807) is 24.3 Å². The predicted molar refractivity (Wildman–Crippen MR) is 99.9 cm³/mol. The Kier molecular flexibility index (Phi) is 4.52. The summed E-state index contributed by atoms with van der Waals surface area (Å²) in [5.41, 5.74) is 0.343. The normalized spacial score (nSPS) is 14.1. The number of nitrogens with one attached hydrogen (secondary N) is 1. The second-order valence-corrected chi connectivity index (χ2v) is 9.04. The zero-order valence-electron chi connectivity index (χ0n) is 14.6. The fourth-order valence-electron chi connectivity index (χ4n) is 2.48. The molecule has 3 aromatic rings. The Morgan fingerprint density at radius 2 is 1.81 bits per heavy atom. The van der Waals surface area contributed by atoms with Crippen molar-refractivity contribution in [3.05, 3.63) is 36.2 Å². The molecule has 0 bridgehead atoms. The SMILES string of the molecule is COc1cc(NS(=O)(=O)c2ccc(-c3nnc(C4CC4)o3)s2)cc(OC)c1. The van der Waals surface area contributed by atoms with E-state index in [0.29, 0.717) is 39.8 Å². The van der Waals surface area contributed by atoms with Crippen molar-refractivity contribution in [1.82, 2.24) is 10.2 Å². The van der Waals surface area contributed by atoms with E-state index in [2.05, 4.69) is 14.9 Å². The Bertz CT molecular complexity index is 1050. The molecule has 0 unspecified atom stereocenters. The molecule has 8 nitrogen and oxygen atoms in total. The summed E-state index contributed by atoms with van der Waals surface area (Å²) >= 11 is 1.07. The standard InChI is InChI=1S/C17H17N3O5S2/c1-23-12-7-11(8-13(9-12)24-2)20-27(21,22)15-6-5-14(26-15)17-19-18-16(25-17)10-3-4-10/h5-10,20H,3-4H2,1-2H3. The summed E-state index contributed by atoms with van der Waals surface area (Å²) in [6.45, 7) is 0. The van der Waals surface area contributed by atoms with Gasteiger partial charge in [0.05, 0.1) is 24.8 Å². The minimum Gasteiger partial charge on any atom is -0.497 e.